The molecule has 3 nitrogen and oxygen atoms in total. The molecule has 0 aliphatic carbocycles. The molecule has 1 amide bonds. The Labute approximate surface area is 104 Å². The lowest BCUT2D eigenvalue weighted by atomic mass is 10.3. The maximum absolute atomic E-state index is 11.6. The fourth-order valence-electron chi connectivity index (χ4n) is 1.38. The average molecular weight is 245 g/mol. The van der Waals surface area contributed by atoms with Crippen LogP contribution in [-0.4, -0.2) is 5.91 Å². The van der Waals surface area contributed by atoms with Gasteiger partial charge in [-0.1, -0.05) is 12.1 Å². The number of carbonyl (C=O) groups excluding carboxylic acids is 1. The van der Waals surface area contributed by atoms with E-state index >= 15 is 0 Å². The summed E-state index contributed by atoms with van der Waals surface area (Å²) in [4.78, 5) is 15.7. The maximum Gasteiger partial charge on any atom is 0.331 e. The first-order valence-corrected chi connectivity index (χ1v) is 6.13. The topological polar surface area (TPSA) is 43.2 Å². The highest BCUT2D eigenvalue weighted by molar-refractivity contribution is 7.10. The van der Waals surface area contributed by atoms with Crippen molar-refractivity contribution in [3.63, 3.8) is 0 Å². The van der Waals surface area contributed by atoms with Gasteiger partial charge in [-0.25, -0.2) is 15.1 Å². The fraction of sp³-hybridized carbons (Fsp3) is 0.0769. The molecule has 0 saturated heterocycles. The number of nitrogens with one attached hydrogen (secondary N) is 2. The van der Waals surface area contributed by atoms with E-state index in [2.05, 4.69) is 10.3 Å². The van der Waals surface area contributed by atoms with Gasteiger partial charge in [-0.15, -0.1) is 11.3 Å². The zero-order valence-electron chi connectivity index (χ0n) is 9.44. The maximum atomic E-state index is 11.6. The summed E-state index contributed by atoms with van der Waals surface area (Å²) in [5.74, 6) is 0.561. The van der Waals surface area contributed by atoms with Crippen molar-refractivity contribution >= 4 is 29.1 Å². The van der Waals surface area contributed by atoms with E-state index in [1.807, 2.05) is 42.6 Å². The van der Waals surface area contributed by atoms with Gasteiger partial charge in [0.25, 0.3) is 5.82 Å². The first-order valence-electron chi connectivity index (χ1n) is 5.25. The Kier molecular flexibility index (Phi) is 3.67. The van der Waals surface area contributed by atoms with Crippen LogP contribution in [0.3, 0.4) is 0 Å². The van der Waals surface area contributed by atoms with Crippen molar-refractivity contribution in [2.45, 2.75) is 6.92 Å². The molecule has 4 heteroatoms. The molecule has 86 valence electrons. The van der Waals surface area contributed by atoms with E-state index in [-0.39, 0.29) is 5.91 Å². The summed E-state index contributed by atoms with van der Waals surface area (Å²) >= 11 is 1.60. The number of anilines is 1. The summed E-state index contributed by atoms with van der Waals surface area (Å²) in [7, 11) is 0. The molecule has 2 N–H and O–H groups in total. The predicted molar refractivity (Wildman–Crippen MR) is 69.7 cm³/mol. The highest BCUT2D eigenvalue weighted by Crippen LogP contribution is 2.10. The van der Waals surface area contributed by atoms with Crippen LogP contribution in [0, 0.1) is 6.92 Å². The molecule has 2 rings (SSSR count). The number of hydrogen-bond acceptors (Lipinski definition) is 2. The molecule has 0 aliphatic heterocycles. The molecule has 0 spiro atoms. The van der Waals surface area contributed by atoms with Crippen molar-refractivity contribution in [1.82, 2.24) is 0 Å². The second kappa shape index (κ2) is 5.41. The summed E-state index contributed by atoms with van der Waals surface area (Å²) in [6.07, 6.45) is 3.33. The quantitative estimate of drug-likeness (QED) is 0.830. The summed E-state index contributed by atoms with van der Waals surface area (Å²) in [6, 6.07) is 9.58. The number of aryl methyl sites for hydroxylation is 1. The standard InChI is InChI=1S/C13H12N2OS/c1-10-4-2-6-12(14-10)15-13(16)8-7-11-5-3-9-17-11/h2-9H,1H3,(H,14,15,16)/p+1. The van der Waals surface area contributed by atoms with Gasteiger partial charge in [0.05, 0.1) is 5.69 Å². The van der Waals surface area contributed by atoms with Gasteiger partial charge in [-0.3, -0.25) is 0 Å². The first kappa shape index (κ1) is 11.5. The van der Waals surface area contributed by atoms with Crippen LogP contribution in [0.4, 0.5) is 5.82 Å². The highest BCUT2D eigenvalue weighted by Gasteiger charge is 2.06. The molecule has 0 bridgehead atoms. The number of hydrogen-bond donors (Lipinski definition) is 1. The van der Waals surface area contributed by atoms with Crippen LogP contribution in [0.1, 0.15) is 10.6 Å². The molecule has 0 unspecified atom stereocenters. The smallest absolute Gasteiger partial charge is 0.245 e. The zero-order chi connectivity index (χ0) is 12.1. The van der Waals surface area contributed by atoms with Gasteiger partial charge in [0, 0.05) is 17.0 Å². The zero-order valence-corrected chi connectivity index (χ0v) is 10.3. The number of carbonyl (C=O) groups is 1. The van der Waals surface area contributed by atoms with E-state index in [9.17, 15) is 4.79 Å². The van der Waals surface area contributed by atoms with Gasteiger partial charge in [-0.05, 0) is 30.5 Å². The summed E-state index contributed by atoms with van der Waals surface area (Å²) in [5.41, 5.74) is 1.00. The number of thiophene rings is 1. The fourth-order valence-corrected chi connectivity index (χ4v) is 1.99. The monoisotopic (exact) mass is 245 g/mol. The van der Waals surface area contributed by atoms with E-state index < -0.39 is 0 Å². The minimum Gasteiger partial charge on any atom is -0.245 e. The molecule has 2 aromatic rings. The highest BCUT2D eigenvalue weighted by atomic mass is 32.1. The lowest BCUT2D eigenvalue weighted by Gasteiger charge is -1.94. The Hall–Kier alpha value is -1.94. The molecule has 17 heavy (non-hydrogen) atoms. The molecule has 0 atom stereocenters. The van der Waals surface area contributed by atoms with E-state index in [1.54, 1.807) is 17.4 Å². The molecule has 0 aliphatic rings. The molecule has 2 heterocycles. The molecule has 0 radical (unpaired) electrons. The van der Waals surface area contributed by atoms with Crippen LogP contribution in [-0.2, 0) is 4.79 Å². The second-order valence-corrected chi connectivity index (χ2v) is 4.56. The normalized spacial score (nSPS) is 10.6. The van der Waals surface area contributed by atoms with Crippen LogP contribution in [0.2, 0.25) is 0 Å². The van der Waals surface area contributed by atoms with Gasteiger partial charge >= 0.3 is 5.91 Å². The van der Waals surface area contributed by atoms with Gasteiger partial charge in [0.1, 0.15) is 0 Å². The Morgan fingerprint density at radius 3 is 2.94 bits per heavy atom. The minimum absolute atomic E-state index is 0.139. The third-order valence-electron chi connectivity index (χ3n) is 2.14. The second-order valence-electron chi connectivity index (χ2n) is 3.59. The van der Waals surface area contributed by atoms with Crippen molar-refractivity contribution in [3.8, 4) is 0 Å². The Morgan fingerprint density at radius 1 is 1.35 bits per heavy atom. The molecular formula is C13H13N2OS+. The third kappa shape index (κ3) is 3.53. The van der Waals surface area contributed by atoms with Crippen LogP contribution in [0.5, 0.6) is 0 Å². The van der Waals surface area contributed by atoms with Crippen LogP contribution >= 0.6 is 11.3 Å². The molecule has 0 aromatic carbocycles. The summed E-state index contributed by atoms with van der Waals surface area (Å²) in [6.45, 7) is 1.94. The number of pyridine rings is 1. The molecule has 0 saturated carbocycles. The van der Waals surface area contributed by atoms with Crippen molar-refractivity contribution in [2.75, 3.05) is 5.32 Å². The van der Waals surface area contributed by atoms with Gasteiger partial charge < -0.3 is 0 Å². The van der Waals surface area contributed by atoms with E-state index in [0.29, 0.717) is 5.82 Å². The van der Waals surface area contributed by atoms with Crippen molar-refractivity contribution in [1.29, 1.82) is 0 Å². The lowest BCUT2D eigenvalue weighted by Crippen LogP contribution is -2.19. The number of rotatable bonds is 3. The van der Waals surface area contributed by atoms with Crippen LogP contribution in [0.25, 0.3) is 6.08 Å². The van der Waals surface area contributed by atoms with Crippen molar-refractivity contribution < 1.29 is 9.78 Å². The Morgan fingerprint density at radius 2 is 2.24 bits per heavy atom. The first-order chi connectivity index (χ1) is 8.24. The number of aromatic amines is 1. The average Bonchev–Trinajstić information content (AvgIpc) is 2.79. The van der Waals surface area contributed by atoms with E-state index in [0.717, 1.165) is 10.6 Å². The number of aromatic nitrogens is 1. The summed E-state index contributed by atoms with van der Waals surface area (Å²) in [5, 5.41) is 4.75. The SMILES string of the molecule is Cc1cccc(NC(=O)C=Cc2cccs2)[nH+]1. The van der Waals surface area contributed by atoms with E-state index in [4.69, 9.17) is 0 Å². The molecule has 0 fully saturated rings. The van der Waals surface area contributed by atoms with Gasteiger partial charge in [0.2, 0.25) is 0 Å². The molecular weight excluding hydrogens is 232 g/mol. The molecule has 2 aromatic heterocycles. The van der Waals surface area contributed by atoms with E-state index in [1.165, 1.54) is 6.08 Å². The lowest BCUT2D eigenvalue weighted by molar-refractivity contribution is -0.370. The van der Waals surface area contributed by atoms with Gasteiger partial charge in [0.15, 0.2) is 0 Å². The number of H-pyrrole nitrogens is 1. The van der Waals surface area contributed by atoms with Crippen molar-refractivity contribution in [2.24, 2.45) is 0 Å². The Bertz CT molecular complexity index is 532. The number of amides is 1. The minimum atomic E-state index is -0.139. The Balaban J connectivity index is 1.98. The van der Waals surface area contributed by atoms with Crippen LogP contribution in [0.15, 0.2) is 41.8 Å². The summed E-state index contributed by atoms with van der Waals surface area (Å²) < 4.78 is 0. The van der Waals surface area contributed by atoms with Crippen LogP contribution < -0.4 is 10.3 Å². The third-order valence-corrected chi connectivity index (χ3v) is 2.98. The predicted octanol–water partition coefficient (Wildman–Crippen LogP) is 2.52. The van der Waals surface area contributed by atoms with Crippen molar-refractivity contribution in [3.05, 3.63) is 52.4 Å². The largest absolute Gasteiger partial charge is 0.331 e. The van der Waals surface area contributed by atoms with Gasteiger partial charge in [-0.2, -0.15) is 0 Å².